The molecule has 2 rings (SSSR count). The van der Waals surface area contributed by atoms with Crippen molar-refractivity contribution in [2.24, 2.45) is 15.9 Å². The second-order valence-corrected chi connectivity index (χ2v) is 4.54. The van der Waals surface area contributed by atoms with Crippen molar-refractivity contribution in [3.05, 3.63) is 0 Å². The van der Waals surface area contributed by atoms with Gasteiger partial charge < -0.3 is 10.2 Å². The fourth-order valence-electron chi connectivity index (χ4n) is 1.91. The molecule has 1 amide bonds. The van der Waals surface area contributed by atoms with Gasteiger partial charge in [0.2, 0.25) is 12.1 Å². The van der Waals surface area contributed by atoms with Crippen LogP contribution in [0, 0.1) is 5.92 Å². The van der Waals surface area contributed by atoms with E-state index in [9.17, 15) is 9.18 Å². The molecule has 0 aromatic heterocycles. The maximum atomic E-state index is 13.6. The summed E-state index contributed by atoms with van der Waals surface area (Å²) in [7, 11) is 0. The number of alkyl halides is 1. The van der Waals surface area contributed by atoms with E-state index in [1.54, 1.807) is 0 Å². The lowest BCUT2D eigenvalue weighted by molar-refractivity contribution is -0.120. The first-order valence-corrected chi connectivity index (χ1v) is 5.90. The Kier molecular flexibility index (Phi) is 3.51. The summed E-state index contributed by atoms with van der Waals surface area (Å²) in [6, 6.07) is 0. The molecule has 5 nitrogen and oxygen atoms in total. The molecule has 2 heterocycles. The van der Waals surface area contributed by atoms with E-state index in [0.717, 1.165) is 26.2 Å². The fraction of sp³-hybridized carbons (Fsp3) is 0.727. The van der Waals surface area contributed by atoms with Crippen LogP contribution in [0.15, 0.2) is 9.98 Å². The van der Waals surface area contributed by atoms with E-state index in [-0.39, 0.29) is 5.92 Å². The summed E-state index contributed by atoms with van der Waals surface area (Å²) in [6.07, 6.45) is -1.67. The number of guanidine groups is 1. The first kappa shape index (κ1) is 12.2. The molecule has 1 fully saturated rings. The number of aliphatic imine (C=N–C) groups is 2. The highest BCUT2D eigenvalue weighted by Gasteiger charge is 2.32. The van der Waals surface area contributed by atoms with Crippen molar-refractivity contribution in [1.29, 1.82) is 0 Å². The molecule has 1 saturated heterocycles. The lowest BCUT2D eigenvalue weighted by Gasteiger charge is -2.30. The van der Waals surface area contributed by atoms with Gasteiger partial charge in [0.25, 0.3) is 5.91 Å². The Labute approximate surface area is 99.8 Å². The number of nitrogens with zero attached hydrogens (tertiary/aromatic N) is 3. The van der Waals surface area contributed by atoms with Crippen LogP contribution in [0.1, 0.15) is 13.8 Å². The quantitative estimate of drug-likeness (QED) is 0.713. The number of nitrogens with one attached hydrogen (secondary N) is 1. The third-order valence-corrected chi connectivity index (χ3v) is 2.91. The normalized spacial score (nSPS) is 26.0. The number of carbonyl (C=O) groups is 1. The first-order chi connectivity index (χ1) is 8.09. The molecular formula is C11H17FN4O. The predicted octanol–water partition coefficient (Wildman–Crippen LogP) is 0.223. The van der Waals surface area contributed by atoms with Crippen LogP contribution < -0.4 is 5.32 Å². The highest BCUT2D eigenvalue weighted by Crippen LogP contribution is 2.14. The topological polar surface area (TPSA) is 57.1 Å². The van der Waals surface area contributed by atoms with Crippen molar-refractivity contribution in [2.45, 2.75) is 20.0 Å². The van der Waals surface area contributed by atoms with E-state index >= 15 is 0 Å². The van der Waals surface area contributed by atoms with Gasteiger partial charge in [-0.05, 0) is 5.92 Å². The van der Waals surface area contributed by atoms with Crippen molar-refractivity contribution < 1.29 is 9.18 Å². The van der Waals surface area contributed by atoms with Crippen LogP contribution >= 0.6 is 0 Å². The van der Waals surface area contributed by atoms with Crippen molar-refractivity contribution in [3.63, 3.8) is 0 Å². The van der Waals surface area contributed by atoms with Crippen LogP contribution in [0.25, 0.3) is 0 Å². The molecule has 0 radical (unpaired) electrons. The molecule has 2 aliphatic heterocycles. The molecule has 0 spiro atoms. The summed E-state index contributed by atoms with van der Waals surface area (Å²) >= 11 is 0. The average molecular weight is 240 g/mol. The molecule has 0 aromatic carbocycles. The molecule has 0 bridgehead atoms. The molecule has 0 aromatic rings. The number of halogens is 1. The third-order valence-electron chi connectivity index (χ3n) is 2.91. The Morgan fingerprint density at radius 3 is 2.59 bits per heavy atom. The van der Waals surface area contributed by atoms with Gasteiger partial charge in [-0.2, -0.15) is 4.99 Å². The summed E-state index contributed by atoms with van der Waals surface area (Å²) in [5.41, 5.74) is 0.290. The van der Waals surface area contributed by atoms with Gasteiger partial charge in [-0.15, -0.1) is 0 Å². The van der Waals surface area contributed by atoms with E-state index in [2.05, 4.69) is 15.3 Å². The second-order valence-electron chi connectivity index (χ2n) is 4.54. The summed E-state index contributed by atoms with van der Waals surface area (Å²) in [5.74, 6) is -0.436. The molecule has 0 aliphatic carbocycles. The smallest absolute Gasteiger partial charge is 0.289 e. The Hall–Kier alpha value is -1.30. The molecule has 1 N–H and O–H groups in total. The van der Waals surface area contributed by atoms with Gasteiger partial charge in [-0.1, -0.05) is 13.8 Å². The zero-order valence-corrected chi connectivity index (χ0v) is 10.1. The van der Waals surface area contributed by atoms with Gasteiger partial charge in [-0.25, -0.2) is 9.38 Å². The van der Waals surface area contributed by atoms with Gasteiger partial charge in [0.05, 0.1) is 5.71 Å². The van der Waals surface area contributed by atoms with Crippen molar-refractivity contribution >= 4 is 17.6 Å². The lowest BCUT2D eigenvalue weighted by atomic mass is 10.0. The van der Waals surface area contributed by atoms with Crippen LogP contribution in [-0.2, 0) is 4.79 Å². The molecular weight excluding hydrogens is 223 g/mol. The number of hydrogen-bond donors (Lipinski definition) is 1. The maximum absolute atomic E-state index is 13.6. The third kappa shape index (κ3) is 2.52. The van der Waals surface area contributed by atoms with Gasteiger partial charge in [-0.3, -0.25) is 4.79 Å². The largest absolute Gasteiger partial charge is 0.338 e. The number of rotatable bonds is 1. The second kappa shape index (κ2) is 4.91. The maximum Gasteiger partial charge on any atom is 0.289 e. The molecule has 94 valence electrons. The number of piperazine rings is 1. The van der Waals surface area contributed by atoms with Crippen LogP contribution in [0.3, 0.4) is 0 Å². The van der Waals surface area contributed by atoms with E-state index in [1.165, 1.54) is 0 Å². The molecule has 0 saturated carbocycles. The molecule has 6 heteroatoms. The van der Waals surface area contributed by atoms with Crippen molar-refractivity contribution in [2.75, 3.05) is 26.2 Å². The molecule has 1 unspecified atom stereocenters. The van der Waals surface area contributed by atoms with Crippen LogP contribution in [-0.4, -0.2) is 54.8 Å². The highest BCUT2D eigenvalue weighted by molar-refractivity contribution is 6.18. The molecule has 1 atom stereocenters. The van der Waals surface area contributed by atoms with Gasteiger partial charge in [0, 0.05) is 26.2 Å². The van der Waals surface area contributed by atoms with E-state index in [1.807, 2.05) is 18.7 Å². The first-order valence-electron chi connectivity index (χ1n) is 5.90. The van der Waals surface area contributed by atoms with Crippen molar-refractivity contribution in [3.8, 4) is 0 Å². The minimum Gasteiger partial charge on any atom is -0.338 e. The van der Waals surface area contributed by atoms with E-state index in [0.29, 0.717) is 11.7 Å². The van der Waals surface area contributed by atoms with E-state index in [4.69, 9.17) is 0 Å². The van der Waals surface area contributed by atoms with Crippen molar-refractivity contribution in [1.82, 2.24) is 10.2 Å². The highest BCUT2D eigenvalue weighted by atomic mass is 19.1. The Balaban J connectivity index is 2.22. The summed E-state index contributed by atoms with van der Waals surface area (Å²) in [5, 5.41) is 3.20. The van der Waals surface area contributed by atoms with Gasteiger partial charge >= 0.3 is 0 Å². The molecule has 17 heavy (non-hydrogen) atoms. The standard InChI is InChI=1S/C11H17FN4O/c1-7(2)9-8(12)10(17)15-11(14-9)16-5-3-13-4-6-16/h7-8,13H,3-6H2,1-2H3. The number of hydrogen-bond acceptors (Lipinski definition) is 4. The zero-order valence-electron chi connectivity index (χ0n) is 10.1. The van der Waals surface area contributed by atoms with Crippen LogP contribution in [0.2, 0.25) is 0 Å². The summed E-state index contributed by atoms with van der Waals surface area (Å²) < 4.78 is 13.6. The average Bonchev–Trinajstić information content (AvgIpc) is 2.33. The SMILES string of the molecule is CC(C)C1=NC(N2CCNCC2)=NC(=O)C1F. The summed E-state index contributed by atoms with van der Waals surface area (Å²) in [6.45, 7) is 6.83. The Morgan fingerprint density at radius 2 is 2.00 bits per heavy atom. The number of amides is 1. The minimum atomic E-state index is -1.67. The Morgan fingerprint density at radius 1 is 1.35 bits per heavy atom. The minimum absolute atomic E-state index is 0.0811. The number of carbonyl (C=O) groups excluding carboxylic acids is 1. The zero-order chi connectivity index (χ0) is 12.4. The lowest BCUT2D eigenvalue weighted by Crippen LogP contribution is -2.48. The fourth-order valence-corrected chi connectivity index (χ4v) is 1.91. The monoisotopic (exact) mass is 240 g/mol. The van der Waals surface area contributed by atoms with Gasteiger partial charge in [0.1, 0.15) is 0 Å². The van der Waals surface area contributed by atoms with Gasteiger partial charge in [0.15, 0.2) is 0 Å². The van der Waals surface area contributed by atoms with E-state index < -0.39 is 12.1 Å². The van der Waals surface area contributed by atoms with Crippen LogP contribution in [0.4, 0.5) is 4.39 Å². The molecule has 2 aliphatic rings. The predicted molar refractivity (Wildman–Crippen MR) is 64.1 cm³/mol. The Bertz CT molecular complexity index is 372. The summed E-state index contributed by atoms with van der Waals surface area (Å²) in [4.78, 5) is 21.3. The van der Waals surface area contributed by atoms with Crippen LogP contribution in [0.5, 0.6) is 0 Å².